The van der Waals surface area contributed by atoms with E-state index in [2.05, 4.69) is 0 Å². The molecule has 0 spiro atoms. The summed E-state index contributed by atoms with van der Waals surface area (Å²) in [5.41, 5.74) is 1.97. The fourth-order valence-electron chi connectivity index (χ4n) is 2.08. The maximum absolute atomic E-state index is 11.6. The minimum absolute atomic E-state index is 0.189. The number of carbonyl (C=O) groups is 2. The summed E-state index contributed by atoms with van der Waals surface area (Å²) >= 11 is 5.50. The number of alkyl halides is 1. The Morgan fingerprint density at radius 2 is 2.00 bits per heavy atom. The van der Waals surface area contributed by atoms with Crippen molar-refractivity contribution in [2.45, 2.75) is 19.0 Å². The van der Waals surface area contributed by atoms with Crippen LogP contribution in [0.25, 0.3) is 0 Å². The van der Waals surface area contributed by atoms with Gasteiger partial charge in [0, 0.05) is 13.0 Å². The molecule has 17 heavy (non-hydrogen) atoms. The fraction of sp³-hybridized carbons (Fsp3) is 0.333. The molecule has 2 rings (SSSR count). The predicted octanol–water partition coefficient (Wildman–Crippen LogP) is 1.26. The zero-order valence-electron chi connectivity index (χ0n) is 9.10. The van der Waals surface area contributed by atoms with Crippen LogP contribution in [-0.4, -0.2) is 33.8 Å². The van der Waals surface area contributed by atoms with Crippen LogP contribution in [0.4, 0.5) is 0 Å². The standard InChI is InChI=1S/C12H12ClNO3/c13-6-11(15)14-7-9-4-2-1-3-8(9)5-10(14)12(16)17/h1-4,10H,5-7H2,(H,16,17)/t10-/m0/s1. The van der Waals surface area contributed by atoms with E-state index in [4.69, 9.17) is 16.7 Å². The Labute approximate surface area is 104 Å². The van der Waals surface area contributed by atoms with Crippen molar-refractivity contribution in [1.82, 2.24) is 4.90 Å². The molecule has 1 aliphatic rings. The van der Waals surface area contributed by atoms with Gasteiger partial charge in [0.2, 0.25) is 5.91 Å². The lowest BCUT2D eigenvalue weighted by Gasteiger charge is -2.34. The summed E-state index contributed by atoms with van der Waals surface area (Å²) < 4.78 is 0. The van der Waals surface area contributed by atoms with Crippen molar-refractivity contribution in [3.8, 4) is 0 Å². The minimum Gasteiger partial charge on any atom is -0.480 e. The van der Waals surface area contributed by atoms with E-state index in [-0.39, 0.29) is 11.8 Å². The van der Waals surface area contributed by atoms with Crippen LogP contribution in [-0.2, 0) is 22.6 Å². The third-order valence-corrected chi connectivity index (χ3v) is 3.20. The van der Waals surface area contributed by atoms with Crippen LogP contribution < -0.4 is 0 Å². The molecule has 1 atom stereocenters. The van der Waals surface area contributed by atoms with Crippen LogP contribution in [0.5, 0.6) is 0 Å². The Morgan fingerprint density at radius 1 is 1.35 bits per heavy atom. The first-order valence-corrected chi connectivity index (χ1v) is 5.82. The number of hydrogen-bond donors (Lipinski definition) is 1. The molecule has 1 N–H and O–H groups in total. The second-order valence-electron chi connectivity index (χ2n) is 3.98. The number of halogens is 1. The Hall–Kier alpha value is -1.55. The molecule has 5 heteroatoms. The lowest BCUT2D eigenvalue weighted by Crippen LogP contribution is -2.49. The van der Waals surface area contributed by atoms with Crippen molar-refractivity contribution < 1.29 is 14.7 Å². The predicted molar refractivity (Wildman–Crippen MR) is 62.8 cm³/mol. The smallest absolute Gasteiger partial charge is 0.326 e. The van der Waals surface area contributed by atoms with Gasteiger partial charge in [-0.05, 0) is 11.1 Å². The van der Waals surface area contributed by atoms with Crippen LogP contribution in [0.1, 0.15) is 11.1 Å². The van der Waals surface area contributed by atoms with E-state index < -0.39 is 12.0 Å². The number of nitrogens with zero attached hydrogens (tertiary/aromatic N) is 1. The lowest BCUT2D eigenvalue weighted by atomic mass is 9.94. The van der Waals surface area contributed by atoms with Gasteiger partial charge in [-0.2, -0.15) is 0 Å². The first-order chi connectivity index (χ1) is 8.13. The van der Waals surface area contributed by atoms with E-state index >= 15 is 0 Å². The SMILES string of the molecule is O=C(O)[C@@H]1Cc2ccccc2CN1C(=O)CCl. The largest absolute Gasteiger partial charge is 0.480 e. The average Bonchev–Trinajstić information content (AvgIpc) is 2.36. The molecule has 0 saturated heterocycles. The van der Waals surface area contributed by atoms with Gasteiger partial charge >= 0.3 is 5.97 Å². The summed E-state index contributed by atoms with van der Waals surface area (Å²) in [4.78, 5) is 24.1. The van der Waals surface area contributed by atoms with Gasteiger partial charge in [-0.25, -0.2) is 4.79 Å². The highest BCUT2D eigenvalue weighted by atomic mass is 35.5. The molecule has 0 fully saturated rings. The number of rotatable bonds is 2. The van der Waals surface area contributed by atoms with E-state index in [0.29, 0.717) is 13.0 Å². The molecule has 1 aromatic carbocycles. The van der Waals surface area contributed by atoms with Crippen molar-refractivity contribution in [2.75, 3.05) is 5.88 Å². The van der Waals surface area contributed by atoms with Gasteiger partial charge in [0.05, 0.1) is 0 Å². The maximum atomic E-state index is 11.6. The van der Waals surface area contributed by atoms with Gasteiger partial charge < -0.3 is 10.0 Å². The van der Waals surface area contributed by atoms with Gasteiger partial charge in [0.25, 0.3) is 0 Å². The van der Waals surface area contributed by atoms with Crippen LogP contribution in [0, 0.1) is 0 Å². The van der Waals surface area contributed by atoms with Crippen molar-refractivity contribution in [1.29, 1.82) is 0 Å². The third kappa shape index (κ3) is 2.26. The first-order valence-electron chi connectivity index (χ1n) is 5.28. The lowest BCUT2D eigenvalue weighted by molar-refractivity contribution is -0.150. The van der Waals surface area contributed by atoms with E-state index in [9.17, 15) is 9.59 Å². The highest BCUT2D eigenvalue weighted by Crippen LogP contribution is 2.23. The molecule has 0 aromatic heterocycles. The molecular weight excluding hydrogens is 242 g/mol. The second kappa shape index (κ2) is 4.75. The van der Waals surface area contributed by atoms with E-state index in [0.717, 1.165) is 11.1 Å². The topological polar surface area (TPSA) is 57.6 Å². The van der Waals surface area contributed by atoms with Gasteiger partial charge in [-0.3, -0.25) is 4.79 Å². The molecule has 0 unspecified atom stereocenters. The molecule has 0 aliphatic carbocycles. The molecule has 0 saturated carbocycles. The van der Waals surface area contributed by atoms with E-state index in [1.54, 1.807) is 0 Å². The van der Waals surface area contributed by atoms with Crippen LogP contribution in [0.2, 0.25) is 0 Å². The number of aliphatic carboxylic acids is 1. The summed E-state index contributed by atoms with van der Waals surface area (Å²) in [6.45, 7) is 0.318. The summed E-state index contributed by atoms with van der Waals surface area (Å²) in [7, 11) is 0. The summed E-state index contributed by atoms with van der Waals surface area (Å²) in [6, 6.07) is 6.74. The average molecular weight is 254 g/mol. The Morgan fingerprint density at radius 3 is 2.59 bits per heavy atom. The van der Waals surface area contributed by atoms with Crippen molar-refractivity contribution in [2.24, 2.45) is 0 Å². The summed E-state index contributed by atoms with van der Waals surface area (Å²) in [5.74, 6) is -1.52. The third-order valence-electron chi connectivity index (χ3n) is 2.97. The quantitative estimate of drug-likeness (QED) is 0.808. The molecule has 0 radical (unpaired) electrons. The highest BCUT2D eigenvalue weighted by Gasteiger charge is 2.33. The van der Waals surface area contributed by atoms with Gasteiger partial charge in [0.15, 0.2) is 0 Å². The molecule has 1 aliphatic heterocycles. The maximum Gasteiger partial charge on any atom is 0.326 e. The van der Waals surface area contributed by atoms with Crippen LogP contribution in [0.3, 0.4) is 0 Å². The zero-order valence-corrected chi connectivity index (χ0v) is 9.85. The van der Waals surface area contributed by atoms with Crippen LogP contribution >= 0.6 is 11.6 Å². The molecule has 1 aromatic rings. The molecule has 1 amide bonds. The fourth-order valence-corrected chi connectivity index (χ4v) is 2.24. The monoisotopic (exact) mass is 253 g/mol. The molecule has 0 bridgehead atoms. The van der Waals surface area contributed by atoms with Gasteiger partial charge in [-0.15, -0.1) is 11.6 Å². The number of carbonyl (C=O) groups excluding carboxylic acids is 1. The van der Waals surface area contributed by atoms with Gasteiger partial charge in [0.1, 0.15) is 11.9 Å². The van der Waals surface area contributed by atoms with Crippen molar-refractivity contribution in [3.05, 3.63) is 35.4 Å². The molecular formula is C12H12ClNO3. The number of amides is 1. The number of benzene rings is 1. The molecule has 1 heterocycles. The van der Waals surface area contributed by atoms with E-state index in [1.165, 1.54) is 4.90 Å². The van der Waals surface area contributed by atoms with Crippen molar-refractivity contribution >= 4 is 23.5 Å². The Kier molecular flexibility index (Phi) is 3.33. The van der Waals surface area contributed by atoms with Crippen LogP contribution in [0.15, 0.2) is 24.3 Å². The first kappa shape index (κ1) is 11.9. The number of carboxylic acid groups (broad SMARTS) is 1. The minimum atomic E-state index is -0.988. The van der Waals surface area contributed by atoms with E-state index in [1.807, 2.05) is 24.3 Å². The number of hydrogen-bond acceptors (Lipinski definition) is 2. The second-order valence-corrected chi connectivity index (χ2v) is 4.25. The highest BCUT2D eigenvalue weighted by molar-refractivity contribution is 6.27. The number of fused-ring (bicyclic) bond motifs is 1. The molecule has 4 nitrogen and oxygen atoms in total. The zero-order chi connectivity index (χ0) is 12.4. The summed E-state index contributed by atoms with van der Waals surface area (Å²) in [6.07, 6.45) is 0.341. The number of carboxylic acids is 1. The Balaban J connectivity index is 2.34. The molecule has 90 valence electrons. The van der Waals surface area contributed by atoms with Gasteiger partial charge in [-0.1, -0.05) is 24.3 Å². The summed E-state index contributed by atoms with van der Waals surface area (Å²) in [5, 5.41) is 9.14. The van der Waals surface area contributed by atoms with Crippen molar-refractivity contribution in [3.63, 3.8) is 0 Å². The normalized spacial score (nSPS) is 18.6. The Bertz CT molecular complexity index is 461.